The maximum atomic E-state index is 13.5. The Balaban J connectivity index is 1.50. The van der Waals surface area contributed by atoms with Gasteiger partial charge < -0.3 is 10.2 Å². The first kappa shape index (κ1) is 23.3. The van der Waals surface area contributed by atoms with Gasteiger partial charge in [0, 0.05) is 16.5 Å². The number of amides is 2. The van der Waals surface area contributed by atoms with Crippen LogP contribution in [-0.2, 0) is 22.6 Å². The number of para-hydroxylation sites is 1. The molecule has 1 aliphatic heterocycles. The van der Waals surface area contributed by atoms with Crippen LogP contribution in [0.2, 0.25) is 5.02 Å². The topological polar surface area (TPSA) is 49.4 Å². The first-order valence-corrected chi connectivity index (χ1v) is 12.0. The van der Waals surface area contributed by atoms with Crippen molar-refractivity contribution in [2.24, 2.45) is 5.92 Å². The lowest BCUT2D eigenvalue weighted by Crippen LogP contribution is -2.47. The van der Waals surface area contributed by atoms with E-state index in [4.69, 9.17) is 11.6 Å². The van der Waals surface area contributed by atoms with Crippen LogP contribution in [0.1, 0.15) is 18.1 Å². The quantitative estimate of drug-likeness (QED) is 0.485. The number of rotatable bonds is 7. The van der Waals surface area contributed by atoms with Crippen molar-refractivity contribution < 1.29 is 14.0 Å². The fourth-order valence-electron chi connectivity index (χ4n) is 3.81. The van der Waals surface area contributed by atoms with Gasteiger partial charge in [-0.25, -0.2) is 4.39 Å². The Morgan fingerprint density at radius 3 is 2.61 bits per heavy atom. The highest BCUT2D eigenvalue weighted by atomic mass is 35.5. The Kier molecular flexibility index (Phi) is 7.36. The molecule has 0 aliphatic carbocycles. The third-order valence-electron chi connectivity index (χ3n) is 5.69. The number of nitrogens with zero attached hydrogens (tertiary/aromatic N) is 1. The highest BCUT2D eigenvalue weighted by Gasteiger charge is 2.39. The summed E-state index contributed by atoms with van der Waals surface area (Å²) in [6.45, 7) is 2.49. The van der Waals surface area contributed by atoms with Crippen molar-refractivity contribution >= 4 is 40.9 Å². The van der Waals surface area contributed by atoms with Crippen LogP contribution < -0.4 is 10.2 Å². The van der Waals surface area contributed by atoms with E-state index in [1.165, 1.54) is 23.9 Å². The van der Waals surface area contributed by atoms with Gasteiger partial charge in [-0.05, 0) is 41.8 Å². The number of hydrogen-bond donors (Lipinski definition) is 1. The van der Waals surface area contributed by atoms with Crippen LogP contribution in [-0.4, -0.2) is 23.6 Å². The van der Waals surface area contributed by atoms with Gasteiger partial charge in [-0.2, -0.15) is 0 Å². The van der Waals surface area contributed by atoms with Gasteiger partial charge in [0.05, 0.1) is 18.2 Å². The molecule has 0 radical (unpaired) electrons. The first-order valence-electron chi connectivity index (χ1n) is 10.8. The molecule has 1 aliphatic rings. The Morgan fingerprint density at radius 2 is 1.85 bits per heavy atom. The average molecular weight is 483 g/mol. The second-order valence-corrected chi connectivity index (χ2v) is 9.57. The number of carbonyl (C=O) groups excluding carboxylic acids is 2. The predicted molar refractivity (Wildman–Crippen MR) is 131 cm³/mol. The van der Waals surface area contributed by atoms with Crippen LogP contribution in [0.5, 0.6) is 0 Å². The molecule has 0 saturated heterocycles. The van der Waals surface area contributed by atoms with Crippen LogP contribution in [0.4, 0.5) is 10.1 Å². The fourth-order valence-corrected chi connectivity index (χ4v) is 5.32. The van der Waals surface area contributed by atoms with Crippen molar-refractivity contribution in [3.63, 3.8) is 0 Å². The minimum atomic E-state index is -0.573. The molecule has 33 heavy (non-hydrogen) atoms. The number of hydrogen-bond acceptors (Lipinski definition) is 3. The standard InChI is InChI=1S/C26H24ClFN2O2S/c1-17(25(31)29-14-13-18-7-3-2-4-8-18)24-26(32)30(22-9-5-6-10-23(22)33-24)16-19-11-12-20(28)15-21(19)27/h2-12,15,17,24H,13-14,16H2,1H3,(H,29,31)/t17-,24+/m1/s1. The lowest BCUT2D eigenvalue weighted by molar-refractivity contribution is -0.128. The summed E-state index contributed by atoms with van der Waals surface area (Å²) in [6.07, 6.45) is 0.725. The molecule has 2 atom stereocenters. The fraction of sp³-hybridized carbons (Fsp3) is 0.231. The SMILES string of the molecule is C[C@@H](C(=O)NCCc1ccccc1)[C@@H]1Sc2ccccc2N(Cc2ccc(F)cc2Cl)C1=O. The summed E-state index contributed by atoms with van der Waals surface area (Å²) in [7, 11) is 0. The number of benzene rings is 3. The summed E-state index contributed by atoms with van der Waals surface area (Å²) in [5.74, 6) is -1.28. The second-order valence-electron chi connectivity index (χ2n) is 7.98. The molecule has 4 nitrogen and oxygen atoms in total. The predicted octanol–water partition coefficient (Wildman–Crippen LogP) is 5.48. The summed E-state index contributed by atoms with van der Waals surface area (Å²) >= 11 is 7.64. The highest BCUT2D eigenvalue weighted by molar-refractivity contribution is 8.01. The van der Waals surface area contributed by atoms with Gasteiger partial charge >= 0.3 is 0 Å². The zero-order valence-electron chi connectivity index (χ0n) is 18.1. The number of fused-ring (bicyclic) bond motifs is 1. The van der Waals surface area contributed by atoms with E-state index in [-0.39, 0.29) is 23.4 Å². The summed E-state index contributed by atoms with van der Waals surface area (Å²) in [5, 5.41) is 2.66. The van der Waals surface area contributed by atoms with Crippen LogP contribution in [0.25, 0.3) is 0 Å². The largest absolute Gasteiger partial charge is 0.355 e. The van der Waals surface area contributed by atoms with Crippen molar-refractivity contribution in [3.8, 4) is 0 Å². The molecule has 170 valence electrons. The van der Waals surface area contributed by atoms with Gasteiger partial charge in [-0.1, -0.05) is 67.1 Å². The molecule has 0 spiro atoms. The van der Waals surface area contributed by atoms with Gasteiger partial charge in [-0.15, -0.1) is 11.8 Å². The van der Waals surface area contributed by atoms with Gasteiger partial charge in [0.2, 0.25) is 11.8 Å². The van der Waals surface area contributed by atoms with Crippen LogP contribution >= 0.6 is 23.4 Å². The van der Waals surface area contributed by atoms with Crippen LogP contribution in [0.3, 0.4) is 0 Å². The van der Waals surface area contributed by atoms with E-state index in [1.807, 2.05) is 54.6 Å². The molecule has 2 amide bonds. The number of anilines is 1. The summed E-state index contributed by atoms with van der Waals surface area (Å²) in [4.78, 5) is 29.0. The van der Waals surface area contributed by atoms with Crippen molar-refractivity contribution in [2.45, 2.75) is 30.0 Å². The van der Waals surface area contributed by atoms with Gasteiger partial charge in [0.1, 0.15) is 11.1 Å². The Labute approximate surface area is 202 Å². The first-order chi connectivity index (χ1) is 15.9. The monoisotopic (exact) mass is 482 g/mol. The molecule has 0 unspecified atom stereocenters. The normalized spacial score (nSPS) is 16.3. The van der Waals surface area contributed by atoms with Gasteiger partial charge in [0.25, 0.3) is 0 Å². The van der Waals surface area contributed by atoms with Crippen LogP contribution in [0.15, 0.2) is 77.7 Å². The number of halogens is 2. The van der Waals surface area contributed by atoms with E-state index >= 15 is 0 Å². The zero-order valence-corrected chi connectivity index (χ0v) is 19.7. The number of carbonyl (C=O) groups is 2. The Bertz CT molecular complexity index is 1160. The molecular formula is C26H24ClFN2O2S. The number of nitrogens with one attached hydrogen (secondary N) is 1. The van der Waals surface area contributed by atoms with Crippen LogP contribution in [0, 0.1) is 11.7 Å². The molecular weight excluding hydrogens is 459 g/mol. The summed E-state index contributed by atoms with van der Waals surface area (Å²) in [6, 6.07) is 21.7. The Morgan fingerprint density at radius 1 is 1.12 bits per heavy atom. The molecule has 0 aromatic heterocycles. The lowest BCUT2D eigenvalue weighted by Gasteiger charge is -2.36. The van der Waals surface area contributed by atoms with E-state index in [2.05, 4.69) is 5.32 Å². The zero-order chi connectivity index (χ0) is 23.4. The summed E-state index contributed by atoms with van der Waals surface area (Å²) in [5.41, 5.74) is 2.55. The minimum absolute atomic E-state index is 0.157. The molecule has 4 rings (SSSR count). The lowest BCUT2D eigenvalue weighted by atomic mass is 10.0. The third kappa shape index (κ3) is 5.40. The van der Waals surface area contributed by atoms with E-state index in [9.17, 15) is 14.0 Å². The highest BCUT2D eigenvalue weighted by Crippen LogP contribution is 2.42. The van der Waals surface area contributed by atoms with E-state index in [1.54, 1.807) is 17.9 Å². The Hall–Kier alpha value is -2.83. The van der Waals surface area contributed by atoms with E-state index in [0.717, 1.165) is 22.6 Å². The number of thioether (sulfide) groups is 1. The maximum Gasteiger partial charge on any atom is 0.241 e. The average Bonchev–Trinajstić information content (AvgIpc) is 2.82. The molecule has 3 aromatic carbocycles. The van der Waals surface area contributed by atoms with Crippen molar-refractivity contribution in [1.29, 1.82) is 0 Å². The maximum absolute atomic E-state index is 13.5. The van der Waals surface area contributed by atoms with E-state index < -0.39 is 17.0 Å². The van der Waals surface area contributed by atoms with E-state index in [0.29, 0.717) is 12.1 Å². The third-order valence-corrected chi connectivity index (χ3v) is 7.50. The molecule has 0 bridgehead atoms. The molecule has 0 fully saturated rings. The minimum Gasteiger partial charge on any atom is -0.355 e. The summed E-state index contributed by atoms with van der Waals surface area (Å²) < 4.78 is 13.5. The molecule has 1 heterocycles. The van der Waals surface area contributed by atoms with Crippen molar-refractivity contribution in [3.05, 3.63) is 94.8 Å². The van der Waals surface area contributed by atoms with Crippen molar-refractivity contribution in [2.75, 3.05) is 11.4 Å². The van der Waals surface area contributed by atoms with Gasteiger partial charge in [0.15, 0.2) is 0 Å². The molecule has 0 saturated carbocycles. The molecule has 3 aromatic rings. The van der Waals surface area contributed by atoms with Gasteiger partial charge in [-0.3, -0.25) is 9.59 Å². The molecule has 1 N–H and O–H groups in total. The second kappa shape index (κ2) is 10.4. The van der Waals surface area contributed by atoms with Crippen molar-refractivity contribution in [1.82, 2.24) is 5.32 Å². The molecule has 7 heteroatoms. The smallest absolute Gasteiger partial charge is 0.241 e.